The molecule has 0 heterocycles. The van der Waals surface area contributed by atoms with Gasteiger partial charge in [-0.25, -0.2) is 14.4 Å². The van der Waals surface area contributed by atoms with E-state index in [-0.39, 0.29) is 48.7 Å². The molecule has 0 amide bonds. The van der Waals surface area contributed by atoms with E-state index in [4.69, 9.17) is 14.2 Å². The summed E-state index contributed by atoms with van der Waals surface area (Å²) in [6.07, 6.45) is 1.48. The second-order valence-corrected chi connectivity index (χ2v) is 21.7. The molecular weight excluding hydrogens is 885 g/mol. The van der Waals surface area contributed by atoms with Crippen LogP contribution >= 0.6 is 0 Å². The van der Waals surface area contributed by atoms with Crippen LogP contribution < -0.4 is 14.2 Å². The summed E-state index contributed by atoms with van der Waals surface area (Å²) in [5, 5.41) is 12.5. The van der Waals surface area contributed by atoms with Crippen LogP contribution in [0.5, 0.6) is 23.0 Å². The molecule has 8 rings (SSSR count). The van der Waals surface area contributed by atoms with Crippen molar-refractivity contribution in [3.05, 3.63) is 223 Å². The molecule has 0 atom stereocenters. The highest BCUT2D eigenvalue weighted by Crippen LogP contribution is 2.44. The minimum atomic E-state index is -0.559. The smallest absolute Gasteiger partial charge is 0.343 e. The van der Waals surface area contributed by atoms with Crippen LogP contribution in [0.3, 0.4) is 0 Å². The van der Waals surface area contributed by atoms with Crippen LogP contribution in [-0.2, 0) is 53.1 Å². The van der Waals surface area contributed by atoms with Gasteiger partial charge in [0.1, 0.15) is 29.3 Å². The number of ether oxygens (including phenoxy) is 3. The number of esters is 3. The Kier molecular flexibility index (Phi) is 14.1. The molecule has 0 fully saturated rings. The van der Waals surface area contributed by atoms with E-state index in [0.29, 0.717) is 84.0 Å². The monoisotopic (exact) mass is 946 g/mol. The van der Waals surface area contributed by atoms with E-state index in [1.807, 2.05) is 42.5 Å². The quantitative estimate of drug-likeness (QED) is 0.0909. The van der Waals surface area contributed by atoms with Crippen molar-refractivity contribution < 1.29 is 38.5 Å². The number of phenolic OH excluding ortho intramolecular Hbond substituents is 1. The van der Waals surface area contributed by atoms with Crippen molar-refractivity contribution >= 4 is 24.2 Å². The Morgan fingerprint density at radius 1 is 0.423 bits per heavy atom. The molecule has 1 aliphatic carbocycles. The predicted octanol–water partition coefficient (Wildman–Crippen LogP) is 13.4. The molecular formula is C63H62O8. The summed E-state index contributed by atoms with van der Waals surface area (Å²) in [5.74, 6) is -0.685. The minimum absolute atomic E-state index is 0.00740. The number of hydrogen-bond acceptors (Lipinski definition) is 8. The van der Waals surface area contributed by atoms with Crippen molar-refractivity contribution in [3.8, 4) is 23.0 Å². The first-order valence-corrected chi connectivity index (χ1v) is 24.2. The molecule has 0 aromatic heterocycles. The molecule has 7 aromatic carbocycles. The van der Waals surface area contributed by atoms with Crippen LogP contribution in [0.2, 0.25) is 0 Å². The first kappa shape index (κ1) is 49.8. The lowest BCUT2D eigenvalue weighted by Gasteiger charge is -2.28. The topological polar surface area (TPSA) is 116 Å². The summed E-state index contributed by atoms with van der Waals surface area (Å²) in [7, 11) is 0. The number of phenols is 1. The van der Waals surface area contributed by atoms with Gasteiger partial charge in [0.2, 0.25) is 0 Å². The first-order valence-electron chi connectivity index (χ1n) is 24.2. The summed E-state index contributed by atoms with van der Waals surface area (Å²) < 4.78 is 19.8. The third-order valence-electron chi connectivity index (χ3n) is 13.1. The fourth-order valence-corrected chi connectivity index (χ4v) is 9.06. The average molecular weight is 947 g/mol. The van der Waals surface area contributed by atoms with Crippen molar-refractivity contribution in [2.45, 2.75) is 111 Å². The van der Waals surface area contributed by atoms with Crippen molar-refractivity contribution in [1.82, 2.24) is 0 Å². The fourth-order valence-electron chi connectivity index (χ4n) is 9.06. The van der Waals surface area contributed by atoms with Crippen molar-refractivity contribution in [2.75, 3.05) is 0 Å². The van der Waals surface area contributed by atoms with Gasteiger partial charge in [0.15, 0.2) is 0 Å². The van der Waals surface area contributed by atoms with E-state index in [1.165, 1.54) is 0 Å². The van der Waals surface area contributed by atoms with Crippen molar-refractivity contribution in [3.63, 3.8) is 0 Å². The normalized spacial score (nSPS) is 12.7. The van der Waals surface area contributed by atoms with Gasteiger partial charge in [-0.2, -0.15) is 0 Å². The Morgan fingerprint density at radius 2 is 0.676 bits per heavy atom. The number of carbonyl (C=O) groups is 4. The Labute approximate surface area is 417 Å². The summed E-state index contributed by atoms with van der Waals surface area (Å²) in [6, 6.07) is 42.4. The summed E-state index contributed by atoms with van der Waals surface area (Å²) >= 11 is 0. The molecule has 0 aliphatic heterocycles. The largest absolute Gasteiger partial charge is 0.507 e. The lowest BCUT2D eigenvalue weighted by Crippen LogP contribution is -2.19. The summed E-state index contributed by atoms with van der Waals surface area (Å²) in [4.78, 5) is 55.3. The van der Waals surface area contributed by atoms with Crippen LogP contribution in [0, 0.1) is 0 Å². The van der Waals surface area contributed by atoms with Gasteiger partial charge >= 0.3 is 17.9 Å². The molecule has 8 bridgehead atoms. The third kappa shape index (κ3) is 11.4. The van der Waals surface area contributed by atoms with Gasteiger partial charge < -0.3 is 24.1 Å². The summed E-state index contributed by atoms with van der Waals surface area (Å²) in [6.45, 7) is 19.1. The number of rotatable bonds is 8. The van der Waals surface area contributed by atoms with E-state index < -0.39 is 23.3 Å². The van der Waals surface area contributed by atoms with E-state index in [2.05, 4.69) is 86.6 Å². The second kappa shape index (κ2) is 20.0. The lowest BCUT2D eigenvalue weighted by atomic mass is 9.80. The molecule has 0 unspecified atom stereocenters. The molecule has 7 aromatic rings. The van der Waals surface area contributed by atoms with Gasteiger partial charge in [-0.15, -0.1) is 0 Å². The molecule has 8 nitrogen and oxygen atoms in total. The molecule has 1 N–H and O–H groups in total. The Balaban J connectivity index is 1.49. The molecule has 0 saturated heterocycles. The van der Waals surface area contributed by atoms with Crippen LogP contribution in [0.4, 0.5) is 0 Å². The van der Waals surface area contributed by atoms with Gasteiger partial charge in [0, 0.05) is 65.5 Å². The maximum Gasteiger partial charge on any atom is 0.343 e. The molecule has 71 heavy (non-hydrogen) atoms. The Morgan fingerprint density at radius 3 is 0.915 bits per heavy atom. The zero-order chi connectivity index (χ0) is 50.8. The first-order chi connectivity index (χ1) is 33.7. The fraction of sp³-hybridized carbons (Fsp3) is 0.270. The highest BCUT2D eigenvalue weighted by Gasteiger charge is 2.30. The molecule has 8 heteroatoms. The maximum absolute atomic E-state index is 14.5. The van der Waals surface area contributed by atoms with Gasteiger partial charge in [-0.1, -0.05) is 165 Å². The zero-order valence-electron chi connectivity index (χ0n) is 42.2. The number of benzene rings is 7. The van der Waals surface area contributed by atoms with E-state index in [9.17, 15) is 24.3 Å². The number of aldehydes is 1. The SMILES string of the molecule is CC(C)(C)c1cc2c(OC(=O)c3ccccc3)c(c1)Cc1cc(C(C)(C)C)cc(c1OC(=O)c1ccccc1)Cc1cc(C(C)(C)C)cc(c1OC(=O)c1ccccc1)Cc1cc(CC=O)cc(c1O)C2. The van der Waals surface area contributed by atoms with E-state index >= 15 is 0 Å². The average Bonchev–Trinajstić information content (AvgIpc) is 3.32. The van der Waals surface area contributed by atoms with Crippen LogP contribution in [0.1, 0.15) is 160 Å². The Hall–Kier alpha value is -7.58. The van der Waals surface area contributed by atoms with E-state index in [1.54, 1.807) is 72.8 Å². The Bertz CT molecular complexity index is 2980. The van der Waals surface area contributed by atoms with Crippen LogP contribution in [-0.4, -0.2) is 29.3 Å². The van der Waals surface area contributed by atoms with Gasteiger partial charge in [-0.3, -0.25) is 0 Å². The molecule has 1 aliphatic rings. The molecule has 0 saturated carbocycles. The van der Waals surface area contributed by atoms with E-state index in [0.717, 1.165) is 23.0 Å². The minimum Gasteiger partial charge on any atom is -0.507 e. The highest BCUT2D eigenvalue weighted by molar-refractivity contribution is 5.93. The van der Waals surface area contributed by atoms with Crippen LogP contribution in [0.15, 0.2) is 140 Å². The standard InChI is InChI=1S/C63H62O8/c1-61(2,3)51-33-45-29-43-27-39(25-26-64)28-44(54(43)65)30-46-34-52(62(4,5)6)36-48(56(46)70-59(67)41-21-15-11-16-22-41)32-50-38-53(63(7,8)9)37-49(57(50)71-60(68)42-23-17-12-18-24-42)31-47(35-51)55(45)69-58(66)40-19-13-10-14-20-40/h10-24,26-28,33-38,65H,25,29-32H2,1-9H3. The second-order valence-electron chi connectivity index (χ2n) is 21.7. The highest BCUT2D eigenvalue weighted by atomic mass is 16.5. The number of fused-ring (bicyclic) bond motifs is 8. The predicted molar refractivity (Wildman–Crippen MR) is 279 cm³/mol. The molecule has 362 valence electrons. The van der Waals surface area contributed by atoms with Crippen molar-refractivity contribution in [2.24, 2.45) is 0 Å². The number of hydrogen-bond donors (Lipinski definition) is 1. The van der Waals surface area contributed by atoms with Crippen LogP contribution in [0.25, 0.3) is 0 Å². The summed E-state index contributed by atoms with van der Waals surface area (Å²) in [5.41, 5.74) is 8.46. The maximum atomic E-state index is 14.5. The molecule has 0 radical (unpaired) electrons. The number of carbonyl (C=O) groups excluding carboxylic acids is 4. The third-order valence-corrected chi connectivity index (χ3v) is 13.1. The van der Waals surface area contributed by atoms with Gasteiger partial charge in [0.05, 0.1) is 16.7 Å². The molecule has 0 spiro atoms. The number of aromatic hydroxyl groups is 1. The zero-order valence-corrected chi connectivity index (χ0v) is 42.2. The lowest BCUT2D eigenvalue weighted by molar-refractivity contribution is -0.107. The van der Waals surface area contributed by atoms with Gasteiger partial charge in [-0.05, 0) is 86.0 Å². The van der Waals surface area contributed by atoms with Gasteiger partial charge in [0.25, 0.3) is 0 Å². The van der Waals surface area contributed by atoms with Crippen molar-refractivity contribution in [1.29, 1.82) is 0 Å².